The molecule has 1 aromatic rings. The molecule has 46 heavy (non-hydrogen) atoms. The van der Waals surface area contributed by atoms with Crippen molar-refractivity contribution in [1.29, 1.82) is 0 Å². The number of aromatic amines is 1. The number of nitrogens with one attached hydrogen (secondary N) is 2. The number of carbonyl (C=O) groups is 2. The van der Waals surface area contributed by atoms with E-state index in [0.29, 0.717) is 25.3 Å². The molecule has 3 rings (SSSR count). The van der Waals surface area contributed by atoms with Gasteiger partial charge in [-0.25, -0.2) is 9.59 Å². The minimum absolute atomic E-state index is 0.0629. The molecule has 8 nitrogen and oxygen atoms in total. The van der Waals surface area contributed by atoms with Crippen molar-refractivity contribution in [3.63, 3.8) is 0 Å². The van der Waals surface area contributed by atoms with Gasteiger partial charge in [-0.05, 0) is 56.1 Å². The lowest BCUT2D eigenvalue weighted by Crippen LogP contribution is -2.43. The number of esters is 1. The predicted octanol–water partition coefficient (Wildman–Crippen LogP) is 9.51. The molecule has 2 N–H and O–H groups in total. The van der Waals surface area contributed by atoms with Crippen LogP contribution < -0.4 is 5.32 Å². The normalized spacial score (nSPS) is 17.8. The highest BCUT2D eigenvalue weighted by atomic mass is 32.2. The standard InChI is InChI=1S/C37H63N3O5S/c1-2-3-4-5-6-7-8-9-10-11-12-13-14-15-18-25-38-37(42)45-34-22-20-28-43-35(34)30-44-36(41)33-24-23-32(39-33)21-17-16-19-26-40-27-29-46-31-40/h23-24,27,29,34-35,39H,2-22,25-26,28,30-31H2,1H3,(H,38,42). The van der Waals surface area contributed by atoms with Gasteiger partial charge in [0.15, 0.2) is 0 Å². The number of alkyl carbamates (subject to hydrolysis) is 1. The van der Waals surface area contributed by atoms with E-state index in [1.54, 1.807) is 6.07 Å². The summed E-state index contributed by atoms with van der Waals surface area (Å²) in [4.78, 5) is 30.7. The number of aromatic nitrogens is 1. The second-order valence-corrected chi connectivity index (χ2v) is 13.9. The first-order valence-electron chi connectivity index (χ1n) is 18.6. The van der Waals surface area contributed by atoms with Crippen LogP contribution in [0.4, 0.5) is 4.79 Å². The Hall–Kier alpha value is -2.13. The Labute approximate surface area is 283 Å². The van der Waals surface area contributed by atoms with Gasteiger partial charge in [-0.15, -0.1) is 11.8 Å². The van der Waals surface area contributed by atoms with Crippen molar-refractivity contribution in [2.24, 2.45) is 0 Å². The van der Waals surface area contributed by atoms with E-state index in [9.17, 15) is 9.59 Å². The smallest absolute Gasteiger partial charge is 0.407 e. The maximum absolute atomic E-state index is 12.7. The van der Waals surface area contributed by atoms with Crippen LogP contribution in [-0.2, 0) is 20.6 Å². The van der Waals surface area contributed by atoms with Crippen molar-refractivity contribution in [1.82, 2.24) is 15.2 Å². The highest BCUT2D eigenvalue weighted by Crippen LogP contribution is 2.20. The van der Waals surface area contributed by atoms with Gasteiger partial charge in [-0.1, -0.05) is 103 Å². The van der Waals surface area contributed by atoms with Crippen LogP contribution in [-0.4, -0.2) is 66.3 Å². The fourth-order valence-electron chi connectivity index (χ4n) is 6.17. The maximum Gasteiger partial charge on any atom is 0.407 e. The summed E-state index contributed by atoms with van der Waals surface area (Å²) in [5.41, 5.74) is 1.49. The molecule has 2 aliphatic rings. The van der Waals surface area contributed by atoms with Crippen LogP contribution in [0.5, 0.6) is 0 Å². The Balaban J connectivity index is 1.17. The molecule has 0 aromatic carbocycles. The number of hydrogen-bond donors (Lipinski definition) is 2. The van der Waals surface area contributed by atoms with Gasteiger partial charge in [0.05, 0.1) is 5.88 Å². The summed E-state index contributed by atoms with van der Waals surface area (Å²) in [5.74, 6) is 0.656. The van der Waals surface area contributed by atoms with Crippen LogP contribution in [0, 0.1) is 0 Å². The van der Waals surface area contributed by atoms with Crippen molar-refractivity contribution < 1.29 is 23.8 Å². The van der Waals surface area contributed by atoms with E-state index in [-0.39, 0.29) is 6.61 Å². The molecule has 2 aliphatic heterocycles. The van der Waals surface area contributed by atoms with E-state index in [2.05, 4.69) is 33.7 Å². The van der Waals surface area contributed by atoms with Crippen LogP contribution in [0.15, 0.2) is 23.7 Å². The van der Waals surface area contributed by atoms with Gasteiger partial charge < -0.3 is 29.4 Å². The summed E-state index contributed by atoms with van der Waals surface area (Å²) in [5, 5.41) is 5.04. The number of rotatable bonds is 26. The SMILES string of the molecule is CCCCCCCCCCCCCCCCCNC(=O)OC1CCCOC1COC(=O)c1ccc(CCCCCN2C=CSC2)[nH]1. The fourth-order valence-corrected chi connectivity index (χ4v) is 6.92. The van der Waals surface area contributed by atoms with Gasteiger partial charge >= 0.3 is 12.1 Å². The Morgan fingerprint density at radius 1 is 0.913 bits per heavy atom. The second kappa shape index (κ2) is 25.0. The van der Waals surface area contributed by atoms with Crippen molar-refractivity contribution in [3.05, 3.63) is 35.1 Å². The molecule has 0 saturated carbocycles. The van der Waals surface area contributed by atoms with Crippen molar-refractivity contribution in [2.45, 2.75) is 154 Å². The summed E-state index contributed by atoms with van der Waals surface area (Å²) in [6, 6.07) is 3.74. The molecule has 1 saturated heterocycles. The maximum atomic E-state index is 12.7. The number of ether oxygens (including phenoxy) is 3. The van der Waals surface area contributed by atoms with Crippen LogP contribution in [0.3, 0.4) is 0 Å². The van der Waals surface area contributed by atoms with E-state index in [1.807, 2.05) is 17.8 Å². The number of unbranched alkanes of at least 4 members (excludes halogenated alkanes) is 16. The summed E-state index contributed by atoms with van der Waals surface area (Å²) < 4.78 is 17.1. The van der Waals surface area contributed by atoms with Crippen molar-refractivity contribution in [3.8, 4) is 0 Å². The van der Waals surface area contributed by atoms with Crippen LogP contribution in [0.25, 0.3) is 0 Å². The lowest BCUT2D eigenvalue weighted by atomic mass is 10.0. The number of H-pyrrole nitrogens is 1. The molecule has 0 aliphatic carbocycles. The first-order valence-corrected chi connectivity index (χ1v) is 19.6. The van der Waals surface area contributed by atoms with E-state index < -0.39 is 24.3 Å². The molecular formula is C37H63N3O5S. The molecule has 0 spiro atoms. The molecule has 1 aromatic heterocycles. The average Bonchev–Trinajstić information content (AvgIpc) is 3.77. The lowest BCUT2D eigenvalue weighted by Gasteiger charge is -2.30. The molecule has 3 heterocycles. The lowest BCUT2D eigenvalue weighted by molar-refractivity contribution is -0.100. The monoisotopic (exact) mass is 661 g/mol. The summed E-state index contributed by atoms with van der Waals surface area (Å²) in [6.07, 6.45) is 26.5. The quantitative estimate of drug-likeness (QED) is 0.0755. The average molecular weight is 662 g/mol. The molecule has 0 bridgehead atoms. The molecule has 0 radical (unpaired) electrons. The van der Waals surface area contributed by atoms with Gasteiger partial charge in [0.2, 0.25) is 0 Å². The molecule has 1 amide bonds. The van der Waals surface area contributed by atoms with E-state index in [0.717, 1.165) is 56.6 Å². The summed E-state index contributed by atoms with van der Waals surface area (Å²) >= 11 is 1.84. The Kier molecular flexibility index (Phi) is 20.8. The summed E-state index contributed by atoms with van der Waals surface area (Å²) in [7, 11) is 0. The third-order valence-electron chi connectivity index (χ3n) is 9.03. The number of carbonyl (C=O) groups excluding carboxylic acids is 2. The molecule has 2 atom stereocenters. The Morgan fingerprint density at radius 2 is 1.59 bits per heavy atom. The number of aryl methyl sites for hydroxylation is 1. The predicted molar refractivity (Wildman–Crippen MR) is 189 cm³/mol. The number of hydrogen-bond acceptors (Lipinski definition) is 7. The van der Waals surface area contributed by atoms with Gasteiger partial charge in [-0.2, -0.15) is 0 Å². The highest BCUT2D eigenvalue weighted by molar-refractivity contribution is 8.02. The Morgan fingerprint density at radius 3 is 2.26 bits per heavy atom. The zero-order chi connectivity index (χ0) is 32.5. The van der Waals surface area contributed by atoms with Crippen molar-refractivity contribution in [2.75, 3.05) is 32.2 Å². The van der Waals surface area contributed by atoms with Gasteiger partial charge in [0.1, 0.15) is 24.5 Å². The Bertz CT molecular complexity index is 971. The van der Waals surface area contributed by atoms with Crippen LogP contribution >= 0.6 is 11.8 Å². The molecule has 9 heteroatoms. The van der Waals surface area contributed by atoms with E-state index >= 15 is 0 Å². The van der Waals surface area contributed by atoms with Gasteiger partial charge in [-0.3, -0.25) is 0 Å². The van der Waals surface area contributed by atoms with Crippen LogP contribution in [0.1, 0.15) is 152 Å². The molecule has 1 fully saturated rings. The number of nitrogens with zero attached hydrogens (tertiary/aromatic N) is 1. The molecular weight excluding hydrogens is 598 g/mol. The first-order chi connectivity index (χ1) is 22.7. The number of thioether (sulfide) groups is 1. The van der Waals surface area contributed by atoms with Crippen molar-refractivity contribution >= 4 is 23.8 Å². The molecule has 2 unspecified atom stereocenters. The fraction of sp³-hybridized carbons (Fsp3) is 0.784. The third-order valence-corrected chi connectivity index (χ3v) is 9.83. The first kappa shape index (κ1) is 38.3. The minimum atomic E-state index is -0.451. The van der Waals surface area contributed by atoms with Gasteiger partial charge in [0, 0.05) is 31.6 Å². The minimum Gasteiger partial charge on any atom is -0.458 e. The zero-order valence-electron chi connectivity index (χ0n) is 28.7. The highest BCUT2D eigenvalue weighted by Gasteiger charge is 2.31. The largest absolute Gasteiger partial charge is 0.458 e. The van der Waals surface area contributed by atoms with Gasteiger partial charge in [0.25, 0.3) is 0 Å². The number of amides is 1. The third kappa shape index (κ3) is 17.1. The second-order valence-electron chi connectivity index (χ2n) is 13.1. The van der Waals surface area contributed by atoms with E-state index in [1.165, 1.54) is 89.9 Å². The topological polar surface area (TPSA) is 92.9 Å². The van der Waals surface area contributed by atoms with Crippen LogP contribution in [0.2, 0.25) is 0 Å². The zero-order valence-corrected chi connectivity index (χ0v) is 29.6. The van der Waals surface area contributed by atoms with E-state index in [4.69, 9.17) is 14.2 Å². The summed E-state index contributed by atoms with van der Waals surface area (Å²) in [6.45, 7) is 4.63. The molecule has 262 valence electrons.